The molecule has 3 nitrogen and oxygen atoms in total. The molecule has 1 N–H and O–H groups in total. The largest absolute Gasteiger partial charge is 0.268 e. The fourth-order valence-electron chi connectivity index (χ4n) is 0.851. The highest BCUT2D eigenvalue weighted by Crippen LogP contribution is 2.00. The van der Waals surface area contributed by atoms with E-state index in [0.717, 1.165) is 5.56 Å². The number of carbonyl (C=O) groups excluding carboxylic acids is 1. The number of rotatable bonds is 3. The van der Waals surface area contributed by atoms with Gasteiger partial charge in [0.2, 0.25) is 0 Å². The molecule has 0 aliphatic carbocycles. The van der Waals surface area contributed by atoms with Crippen LogP contribution in [0.25, 0.3) is 6.08 Å². The lowest BCUT2D eigenvalue weighted by Gasteiger charge is -1.91. The monoisotopic (exact) mass is 174 g/mol. The average molecular weight is 174 g/mol. The van der Waals surface area contributed by atoms with E-state index in [1.165, 1.54) is 6.08 Å². The Balaban J connectivity index is 2.58. The van der Waals surface area contributed by atoms with Gasteiger partial charge in [0.15, 0.2) is 0 Å². The molecule has 0 aliphatic rings. The number of carbonyl (C=O) groups is 1. The summed E-state index contributed by atoms with van der Waals surface area (Å²) in [6.07, 6.45) is 3.12. The first-order valence-electron chi connectivity index (χ1n) is 3.82. The molecule has 1 aromatic carbocycles. The van der Waals surface area contributed by atoms with E-state index < -0.39 is 0 Å². The van der Waals surface area contributed by atoms with Crippen LogP contribution in [0.3, 0.4) is 0 Å². The van der Waals surface area contributed by atoms with Gasteiger partial charge in [0.25, 0.3) is 5.91 Å². The van der Waals surface area contributed by atoms with Gasteiger partial charge in [-0.15, -0.1) is 0 Å². The second kappa shape index (κ2) is 4.87. The molecule has 0 aliphatic heterocycles. The van der Waals surface area contributed by atoms with Crippen LogP contribution < -0.4 is 5.43 Å². The smallest absolute Gasteiger partial charge is 0.264 e. The highest BCUT2D eigenvalue weighted by Gasteiger charge is 1.89. The van der Waals surface area contributed by atoms with Crippen LogP contribution in [0.2, 0.25) is 0 Å². The van der Waals surface area contributed by atoms with Gasteiger partial charge in [-0.1, -0.05) is 30.3 Å². The zero-order chi connectivity index (χ0) is 9.52. The molecule has 0 unspecified atom stereocenters. The van der Waals surface area contributed by atoms with Crippen LogP contribution in [-0.4, -0.2) is 12.6 Å². The van der Waals surface area contributed by atoms with Gasteiger partial charge >= 0.3 is 0 Å². The van der Waals surface area contributed by atoms with Gasteiger partial charge in [0.05, 0.1) is 0 Å². The molecule has 1 rings (SSSR count). The van der Waals surface area contributed by atoms with Crippen LogP contribution in [-0.2, 0) is 4.79 Å². The van der Waals surface area contributed by atoms with E-state index in [2.05, 4.69) is 17.2 Å². The third-order valence-corrected chi connectivity index (χ3v) is 1.42. The van der Waals surface area contributed by atoms with Crippen molar-refractivity contribution in [3.05, 3.63) is 42.0 Å². The van der Waals surface area contributed by atoms with Crippen molar-refractivity contribution in [3.8, 4) is 0 Å². The van der Waals surface area contributed by atoms with Crippen molar-refractivity contribution in [2.45, 2.75) is 0 Å². The van der Waals surface area contributed by atoms with Crippen molar-refractivity contribution in [1.29, 1.82) is 0 Å². The van der Waals surface area contributed by atoms with Gasteiger partial charge in [-0.2, -0.15) is 5.10 Å². The molecule has 13 heavy (non-hydrogen) atoms. The molecule has 0 heterocycles. The molecule has 1 aromatic rings. The van der Waals surface area contributed by atoms with E-state index >= 15 is 0 Å². The van der Waals surface area contributed by atoms with Crippen LogP contribution >= 0.6 is 0 Å². The maximum absolute atomic E-state index is 10.9. The van der Waals surface area contributed by atoms with E-state index in [4.69, 9.17) is 0 Å². The first kappa shape index (κ1) is 9.19. The van der Waals surface area contributed by atoms with Gasteiger partial charge in [0.1, 0.15) is 0 Å². The van der Waals surface area contributed by atoms with Crippen LogP contribution in [0.4, 0.5) is 0 Å². The molecule has 0 bridgehead atoms. The Labute approximate surface area is 76.8 Å². The Hall–Kier alpha value is -1.90. The summed E-state index contributed by atoms with van der Waals surface area (Å²) in [7, 11) is 0. The van der Waals surface area contributed by atoms with Crippen molar-refractivity contribution in [1.82, 2.24) is 5.43 Å². The lowest BCUT2D eigenvalue weighted by atomic mass is 10.2. The minimum atomic E-state index is -0.279. The Kier molecular flexibility index (Phi) is 3.45. The maximum Gasteiger partial charge on any atom is 0.264 e. The molecule has 3 heteroatoms. The number of nitrogens with one attached hydrogen (secondary N) is 1. The quantitative estimate of drug-likeness (QED) is 0.420. The van der Waals surface area contributed by atoms with E-state index in [0.29, 0.717) is 0 Å². The van der Waals surface area contributed by atoms with Crippen molar-refractivity contribution >= 4 is 18.7 Å². The molecule has 66 valence electrons. The average Bonchev–Trinajstić information content (AvgIpc) is 2.17. The number of hydrogen-bond donors (Lipinski definition) is 1. The van der Waals surface area contributed by atoms with Gasteiger partial charge < -0.3 is 0 Å². The fraction of sp³-hybridized carbons (Fsp3) is 0. The molecule has 0 saturated heterocycles. The standard InChI is InChI=1S/C10H10N2O/c1-11-12-10(13)8-7-9-5-3-2-4-6-9/h2-8H,1H2,(H,12,13)/b8-7+. The van der Waals surface area contributed by atoms with Crippen LogP contribution in [0, 0.1) is 0 Å². The van der Waals surface area contributed by atoms with E-state index in [-0.39, 0.29) is 5.91 Å². The number of benzene rings is 1. The van der Waals surface area contributed by atoms with Crippen molar-refractivity contribution in [3.63, 3.8) is 0 Å². The highest BCUT2D eigenvalue weighted by atomic mass is 16.2. The van der Waals surface area contributed by atoms with Crippen molar-refractivity contribution in [2.24, 2.45) is 5.10 Å². The second-order valence-corrected chi connectivity index (χ2v) is 2.38. The fourth-order valence-corrected chi connectivity index (χ4v) is 0.851. The molecule has 0 spiro atoms. The van der Waals surface area contributed by atoms with Crippen LogP contribution in [0.1, 0.15) is 5.56 Å². The minimum absolute atomic E-state index is 0.279. The summed E-state index contributed by atoms with van der Waals surface area (Å²) in [4.78, 5) is 10.9. The number of hydrogen-bond acceptors (Lipinski definition) is 2. The third-order valence-electron chi connectivity index (χ3n) is 1.42. The normalized spacial score (nSPS) is 9.85. The molecule has 0 saturated carbocycles. The molecular formula is C10H10N2O. The molecule has 0 radical (unpaired) electrons. The third kappa shape index (κ3) is 3.33. The van der Waals surface area contributed by atoms with Crippen molar-refractivity contribution in [2.75, 3.05) is 0 Å². The second-order valence-electron chi connectivity index (χ2n) is 2.38. The molecule has 1 amide bonds. The van der Waals surface area contributed by atoms with Gasteiger partial charge in [-0.3, -0.25) is 4.79 Å². The Morgan fingerprint density at radius 2 is 2.08 bits per heavy atom. The van der Waals surface area contributed by atoms with Gasteiger partial charge in [0, 0.05) is 12.8 Å². The highest BCUT2D eigenvalue weighted by molar-refractivity contribution is 5.91. The Bertz CT molecular complexity index is 317. The first-order chi connectivity index (χ1) is 6.33. The van der Waals surface area contributed by atoms with Crippen LogP contribution in [0.5, 0.6) is 0 Å². The molecule has 0 atom stereocenters. The lowest BCUT2D eigenvalue weighted by Crippen LogP contribution is -2.12. The summed E-state index contributed by atoms with van der Waals surface area (Å²) in [6, 6.07) is 9.55. The first-order valence-corrected chi connectivity index (χ1v) is 3.82. The zero-order valence-electron chi connectivity index (χ0n) is 7.10. The summed E-state index contributed by atoms with van der Waals surface area (Å²) in [5.41, 5.74) is 3.18. The Morgan fingerprint density at radius 3 is 2.69 bits per heavy atom. The van der Waals surface area contributed by atoms with Gasteiger partial charge in [-0.25, -0.2) is 5.43 Å². The lowest BCUT2D eigenvalue weighted by molar-refractivity contribution is -0.116. The maximum atomic E-state index is 10.9. The SMILES string of the molecule is C=NNC(=O)/C=C/c1ccccc1. The number of hydrazone groups is 1. The van der Waals surface area contributed by atoms with E-state index in [1.807, 2.05) is 30.3 Å². The number of nitrogens with zero attached hydrogens (tertiary/aromatic N) is 1. The zero-order valence-corrected chi connectivity index (χ0v) is 7.10. The molecular weight excluding hydrogens is 164 g/mol. The summed E-state index contributed by atoms with van der Waals surface area (Å²) in [5, 5.41) is 3.25. The topological polar surface area (TPSA) is 41.5 Å². The molecule has 0 aromatic heterocycles. The van der Waals surface area contributed by atoms with Gasteiger partial charge in [-0.05, 0) is 11.6 Å². The predicted molar refractivity (Wildman–Crippen MR) is 53.2 cm³/mol. The van der Waals surface area contributed by atoms with E-state index in [1.54, 1.807) is 6.08 Å². The predicted octanol–water partition coefficient (Wildman–Crippen LogP) is 1.43. The Morgan fingerprint density at radius 1 is 1.38 bits per heavy atom. The van der Waals surface area contributed by atoms with Crippen LogP contribution in [0.15, 0.2) is 41.5 Å². The minimum Gasteiger partial charge on any atom is -0.268 e. The summed E-state index contributed by atoms with van der Waals surface area (Å²) in [5.74, 6) is -0.279. The summed E-state index contributed by atoms with van der Waals surface area (Å²) >= 11 is 0. The summed E-state index contributed by atoms with van der Waals surface area (Å²) < 4.78 is 0. The summed E-state index contributed by atoms with van der Waals surface area (Å²) in [6.45, 7) is 3.14. The molecule has 0 fully saturated rings. The van der Waals surface area contributed by atoms with E-state index in [9.17, 15) is 4.79 Å². The van der Waals surface area contributed by atoms with Crippen molar-refractivity contribution < 1.29 is 4.79 Å². The number of amides is 1.